The van der Waals surface area contributed by atoms with Crippen LogP contribution in [0.4, 0.5) is 34.1 Å². The summed E-state index contributed by atoms with van der Waals surface area (Å²) in [5, 5.41) is 7.45. The maximum atomic E-state index is 2.47. The summed E-state index contributed by atoms with van der Waals surface area (Å²) in [6, 6.07) is 79.5. The molecule has 0 saturated heterocycles. The molecule has 0 unspecified atom stereocenters. The third-order valence-electron chi connectivity index (χ3n) is 12.6. The molecule has 0 amide bonds. The predicted octanol–water partition coefficient (Wildman–Crippen LogP) is 16.6. The highest BCUT2D eigenvalue weighted by atomic mass is 15.1. The molecule has 0 aliphatic heterocycles. The normalized spacial score (nSPS) is 12.8. The van der Waals surface area contributed by atoms with Crippen molar-refractivity contribution in [2.45, 2.75) is 19.3 Å². The summed E-state index contributed by atoms with van der Waals surface area (Å²) in [7, 11) is 0. The highest BCUT2D eigenvalue weighted by molar-refractivity contribution is 6.14. The van der Waals surface area contributed by atoms with Gasteiger partial charge >= 0.3 is 0 Å². The van der Waals surface area contributed by atoms with E-state index in [2.05, 4.69) is 254 Å². The van der Waals surface area contributed by atoms with E-state index < -0.39 is 0 Å². The molecule has 1 aliphatic carbocycles. The SMILES string of the molecule is CC1(C)c2cc(/C=C/c3ccc(N(c4ccccc4)c4ccccc4)cc3)ccc2-c2ccc(N(c3ccc4ccccc4c3)c3cc4ccccc4c4ccccc34)cc21. The Morgan fingerprint density at radius 2 is 0.820 bits per heavy atom. The number of hydrogen-bond acceptors (Lipinski definition) is 2. The lowest BCUT2D eigenvalue weighted by Gasteiger charge is -2.30. The van der Waals surface area contributed by atoms with E-state index >= 15 is 0 Å². The van der Waals surface area contributed by atoms with Gasteiger partial charge in [-0.2, -0.15) is 0 Å². The minimum atomic E-state index is -0.203. The number of para-hydroxylation sites is 2. The van der Waals surface area contributed by atoms with Crippen molar-refractivity contribution in [2.24, 2.45) is 0 Å². The Kier molecular flexibility index (Phi) is 8.86. The first-order valence-corrected chi connectivity index (χ1v) is 21.2. The smallest absolute Gasteiger partial charge is 0.0546 e. The van der Waals surface area contributed by atoms with Crippen molar-refractivity contribution in [1.29, 1.82) is 0 Å². The fourth-order valence-electron chi connectivity index (χ4n) is 9.48. The van der Waals surface area contributed by atoms with Crippen LogP contribution in [0.15, 0.2) is 218 Å². The van der Waals surface area contributed by atoms with E-state index in [9.17, 15) is 0 Å². The molecule has 1 aliphatic rings. The maximum Gasteiger partial charge on any atom is 0.0546 e. The first-order valence-electron chi connectivity index (χ1n) is 21.2. The minimum absolute atomic E-state index is 0.203. The Labute approximate surface area is 357 Å². The first-order chi connectivity index (χ1) is 30.0. The highest BCUT2D eigenvalue weighted by Crippen LogP contribution is 2.52. The zero-order valence-electron chi connectivity index (χ0n) is 34.3. The van der Waals surface area contributed by atoms with Crippen molar-refractivity contribution in [3.8, 4) is 11.1 Å². The largest absolute Gasteiger partial charge is 0.311 e. The third-order valence-corrected chi connectivity index (χ3v) is 12.6. The van der Waals surface area contributed by atoms with Crippen LogP contribution in [0.1, 0.15) is 36.1 Å². The lowest BCUT2D eigenvalue weighted by atomic mass is 9.81. The van der Waals surface area contributed by atoms with Crippen LogP contribution < -0.4 is 9.80 Å². The molecule has 0 saturated carbocycles. The van der Waals surface area contributed by atoms with Crippen LogP contribution >= 0.6 is 0 Å². The van der Waals surface area contributed by atoms with E-state index in [1.165, 1.54) is 65.8 Å². The van der Waals surface area contributed by atoms with Crippen LogP contribution in [-0.2, 0) is 5.41 Å². The molecule has 0 N–H and O–H groups in total. The van der Waals surface area contributed by atoms with Gasteiger partial charge in [-0.1, -0.05) is 178 Å². The van der Waals surface area contributed by atoms with E-state index in [1.54, 1.807) is 0 Å². The summed E-state index contributed by atoms with van der Waals surface area (Å²) in [5.41, 5.74) is 14.3. The Hall–Kier alpha value is -7.68. The van der Waals surface area contributed by atoms with Crippen molar-refractivity contribution < 1.29 is 0 Å². The summed E-state index contributed by atoms with van der Waals surface area (Å²) < 4.78 is 0. The topological polar surface area (TPSA) is 6.48 Å². The Balaban J connectivity index is 0.949. The molecule has 0 radical (unpaired) electrons. The number of hydrogen-bond donors (Lipinski definition) is 0. The van der Waals surface area contributed by atoms with Crippen LogP contribution in [-0.4, -0.2) is 0 Å². The zero-order chi connectivity index (χ0) is 40.9. The van der Waals surface area contributed by atoms with Crippen molar-refractivity contribution in [2.75, 3.05) is 9.80 Å². The molecule has 0 heterocycles. The molecular weight excluding hydrogens is 737 g/mol. The second-order valence-electron chi connectivity index (χ2n) is 16.6. The molecule has 10 aromatic rings. The second kappa shape index (κ2) is 14.9. The average molecular weight is 781 g/mol. The van der Waals surface area contributed by atoms with Gasteiger partial charge in [-0.05, 0) is 127 Å². The zero-order valence-corrected chi connectivity index (χ0v) is 34.3. The molecule has 290 valence electrons. The molecule has 0 fully saturated rings. The fraction of sp³-hybridized carbons (Fsp3) is 0.0508. The van der Waals surface area contributed by atoms with Crippen molar-refractivity contribution in [3.05, 3.63) is 241 Å². The number of anilines is 6. The monoisotopic (exact) mass is 780 g/mol. The molecule has 2 heteroatoms. The van der Waals surface area contributed by atoms with Crippen LogP contribution in [0, 0.1) is 0 Å². The molecule has 10 aromatic carbocycles. The van der Waals surface area contributed by atoms with Gasteiger partial charge in [0.15, 0.2) is 0 Å². The van der Waals surface area contributed by atoms with Gasteiger partial charge < -0.3 is 9.80 Å². The van der Waals surface area contributed by atoms with E-state index in [0.29, 0.717) is 0 Å². The van der Waals surface area contributed by atoms with Gasteiger partial charge in [-0.3, -0.25) is 0 Å². The fourth-order valence-corrected chi connectivity index (χ4v) is 9.48. The van der Waals surface area contributed by atoms with Crippen molar-refractivity contribution >= 4 is 78.6 Å². The average Bonchev–Trinajstić information content (AvgIpc) is 3.54. The minimum Gasteiger partial charge on any atom is -0.311 e. The maximum absolute atomic E-state index is 2.47. The number of benzene rings is 10. The van der Waals surface area contributed by atoms with Crippen LogP contribution in [0.2, 0.25) is 0 Å². The van der Waals surface area contributed by atoms with Crippen LogP contribution in [0.5, 0.6) is 0 Å². The molecule has 0 atom stereocenters. The standard InChI is InChI=1S/C59H44N2/c1-59(2)56-37-42(26-25-41-27-31-48(32-28-41)60(46-18-5-3-6-19-46)47-20-7-4-8-21-47)29-35-53(56)54-36-34-50(40-57(54)59)61(49-33-30-43-15-9-10-16-44(43)38-49)58-39-45-17-11-12-22-51(45)52-23-13-14-24-55(52)58/h3-40H,1-2H3/b26-25+. The molecule has 61 heavy (non-hydrogen) atoms. The van der Waals surface area contributed by atoms with E-state index in [0.717, 1.165) is 34.0 Å². The summed E-state index contributed by atoms with van der Waals surface area (Å²) in [6.07, 6.45) is 4.47. The number of fused-ring (bicyclic) bond motifs is 7. The van der Waals surface area contributed by atoms with Crippen molar-refractivity contribution in [3.63, 3.8) is 0 Å². The molecular formula is C59H44N2. The van der Waals surface area contributed by atoms with Gasteiger partial charge in [-0.15, -0.1) is 0 Å². The van der Waals surface area contributed by atoms with E-state index in [-0.39, 0.29) is 5.41 Å². The lowest BCUT2D eigenvalue weighted by Crippen LogP contribution is -2.17. The first kappa shape index (κ1) is 36.4. The van der Waals surface area contributed by atoms with Crippen LogP contribution in [0.25, 0.3) is 55.6 Å². The molecule has 0 aromatic heterocycles. The number of rotatable bonds is 8. The Morgan fingerprint density at radius 3 is 1.54 bits per heavy atom. The Bertz CT molecular complexity index is 3230. The quantitative estimate of drug-likeness (QED) is 0.112. The van der Waals surface area contributed by atoms with Gasteiger partial charge in [0.1, 0.15) is 0 Å². The highest BCUT2D eigenvalue weighted by Gasteiger charge is 2.36. The lowest BCUT2D eigenvalue weighted by molar-refractivity contribution is 0.660. The Morgan fingerprint density at radius 1 is 0.328 bits per heavy atom. The molecule has 0 spiro atoms. The van der Waals surface area contributed by atoms with Gasteiger partial charge in [-0.25, -0.2) is 0 Å². The van der Waals surface area contributed by atoms with E-state index in [1.807, 2.05) is 0 Å². The van der Waals surface area contributed by atoms with Gasteiger partial charge in [0.2, 0.25) is 0 Å². The van der Waals surface area contributed by atoms with Gasteiger partial charge in [0.05, 0.1) is 5.69 Å². The summed E-state index contributed by atoms with van der Waals surface area (Å²) in [6.45, 7) is 4.76. The third kappa shape index (κ3) is 6.45. The predicted molar refractivity (Wildman–Crippen MR) is 261 cm³/mol. The van der Waals surface area contributed by atoms with Gasteiger partial charge in [0.25, 0.3) is 0 Å². The summed E-state index contributed by atoms with van der Waals surface area (Å²) in [4.78, 5) is 4.77. The second-order valence-corrected chi connectivity index (χ2v) is 16.6. The van der Waals surface area contributed by atoms with Gasteiger partial charge in [0, 0.05) is 39.2 Å². The number of nitrogens with zero attached hydrogens (tertiary/aromatic N) is 2. The summed E-state index contributed by atoms with van der Waals surface area (Å²) >= 11 is 0. The molecule has 0 bridgehead atoms. The molecule has 2 nitrogen and oxygen atoms in total. The molecule has 11 rings (SSSR count). The van der Waals surface area contributed by atoms with Crippen molar-refractivity contribution in [1.82, 2.24) is 0 Å². The summed E-state index contributed by atoms with van der Waals surface area (Å²) in [5.74, 6) is 0. The van der Waals surface area contributed by atoms with E-state index in [4.69, 9.17) is 0 Å². The van der Waals surface area contributed by atoms with Crippen LogP contribution in [0.3, 0.4) is 0 Å².